The van der Waals surface area contributed by atoms with Crippen molar-refractivity contribution in [1.82, 2.24) is 0 Å². The summed E-state index contributed by atoms with van der Waals surface area (Å²) in [6.07, 6.45) is 9.86. The van der Waals surface area contributed by atoms with Gasteiger partial charge in [-0.3, -0.25) is 0 Å². The number of rotatable bonds is 5. The maximum Gasteiger partial charge on any atom is 0.354 e. The van der Waals surface area contributed by atoms with Crippen molar-refractivity contribution in [2.24, 2.45) is 5.92 Å². The molecule has 104 valence electrons. The minimum absolute atomic E-state index is 0.132. The minimum atomic E-state index is -0.332. The van der Waals surface area contributed by atoms with Gasteiger partial charge in [-0.15, -0.1) is 0 Å². The number of carbonyl (C=O) groups excluding carboxylic acids is 1. The summed E-state index contributed by atoms with van der Waals surface area (Å²) in [6.45, 7) is 4.19. The highest BCUT2D eigenvalue weighted by molar-refractivity contribution is 5.92. The summed E-state index contributed by atoms with van der Waals surface area (Å²) in [5.74, 6) is -0.200. The van der Waals surface area contributed by atoms with Crippen LogP contribution in [0, 0.1) is 12.8 Å². The van der Waals surface area contributed by atoms with Gasteiger partial charge in [0.15, 0.2) is 0 Å². The molecule has 0 radical (unpaired) electrons. The lowest BCUT2D eigenvalue weighted by Gasteiger charge is -2.12. The van der Waals surface area contributed by atoms with E-state index in [1.54, 1.807) is 6.92 Å². The van der Waals surface area contributed by atoms with Crippen LogP contribution in [-0.4, -0.2) is 12.6 Å². The third kappa shape index (κ3) is 3.85. The summed E-state index contributed by atoms with van der Waals surface area (Å²) in [6, 6.07) is 7.90. The summed E-state index contributed by atoms with van der Waals surface area (Å²) < 4.78 is 5.09. The second-order valence-electron chi connectivity index (χ2n) is 4.64. The van der Waals surface area contributed by atoms with Crippen LogP contribution >= 0.6 is 0 Å². The number of allylic oxidation sites excluding steroid dienone is 5. The van der Waals surface area contributed by atoms with Crippen LogP contribution in [0.1, 0.15) is 12.5 Å². The van der Waals surface area contributed by atoms with Crippen LogP contribution in [0.15, 0.2) is 60.3 Å². The highest BCUT2D eigenvalue weighted by Crippen LogP contribution is 2.17. The van der Waals surface area contributed by atoms with Gasteiger partial charge >= 0.3 is 5.97 Å². The highest BCUT2D eigenvalue weighted by atomic mass is 16.5. The molecule has 1 N–H and O–H groups in total. The molecule has 0 amide bonds. The van der Waals surface area contributed by atoms with E-state index in [0.717, 1.165) is 5.69 Å². The first-order valence-electron chi connectivity index (χ1n) is 6.76. The van der Waals surface area contributed by atoms with Crippen LogP contribution < -0.4 is 5.32 Å². The van der Waals surface area contributed by atoms with Crippen molar-refractivity contribution in [2.45, 2.75) is 13.8 Å². The van der Waals surface area contributed by atoms with Crippen LogP contribution in [0.3, 0.4) is 0 Å². The molecule has 1 aromatic rings. The molecule has 3 nitrogen and oxygen atoms in total. The van der Waals surface area contributed by atoms with Gasteiger partial charge in [0.25, 0.3) is 0 Å². The van der Waals surface area contributed by atoms with Crippen LogP contribution in [-0.2, 0) is 9.53 Å². The summed E-state index contributed by atoms with van der Waals surface area (Å²) in [4.78, 5) is 12.0. The van der Waals surface area contributed by atoms with E-state index in [9.17, 15) is 4.79 Å². The number of nitrogens with one attached hydrogen (secondary N) is 1. The molecule has 0 aliphatic heterocycles. The van der Waals surface area contributed by atoms with Gasteiger partial charge in [-0.2, -0.15) is 0 Å². The third-order valence-electron chi connectivity index (χ3n) is 2.96. The normalized spacial score (nSPS) is 14.6. The lowest BCUT2D eigenvalue weighted by Crippen LogP contribution is -2.15. The molecule has 1 aliphatic carbocycles. The predicted octanol–water partition coefficient (Wildman–Crippen LogP) is 3.60. The van der Waals surface area contributed by atoms with Gasteiger partial charge in [0.05, 0.1) is 6.61 Å². The Labute approximate surface area is 119 Å². The number of carbonyl (C=O) groups is 1. The smallest absolute Gasteiger partial charge is 0.354 e. The van der Waals surface area contributed by atoms with Crippen molar-refractivity contribution >= 4 is 11.7 Å². The molecule has 20 heavy (non-hydrogen) atoms. The van der Waals surface area contributed by atoms with E-state index in [0.29, 0.717) is 12.3 Å². The molecule has 1 aromatic carbocycles. The lowest BCUT2D eigenvalue weighted by molar-refractivity contribution is -0.138. The molecule has 0 fully saturated rings. The summed E-state index contributed by atoms with van der Waals surface area (Å²) in [5, 5.41) is 3.14. The molecule has 1 aliphatic rings. The predicted molar refractivity (Wildman–Crippen MR) is 81.3 cm³/mol. The number of hydrogen-bond donors (Lipinski definition) is 1. The highest BCUT2D eigenvalue weighted by Gasteiger charge is 2.13. The molecule has 0 atom stereocenters. The van der Waals surface area contributed by atoms with E-state index >= 15 is 0 Å². The molecule has 0 bridgehead atoms. The van der Waals surface area contributed by atoms with Crippen molar-refractivity contribution in [3.63, 3.8) is 0 Å². The first kappa shape index (κ1) is 14.1. The van der Waals surface area contributed by atoms with Crippen molar-refractivity contribution in [1.29, 1.82) is 0 Å². The van der Waals surface area contributed by atoms with Crippen LogP contribution in [0.5, 0.6) is 0 Å². The molecule has 2 rings (SSSR count). The quantitative estimate of drug-likeness (QED) is 0.655. The molecule has 0 spiro atoms. The average molecular weight is 269 g/mol. The Bertz CT molecular complexity index is 541. The van der Waals surface area contributed by atoms with Gasteiger partial charge in [-0.25, -0.2) is 4.79 Å². The van der Waals surface area contributed by atoms with Crippen molar-refractivity contribution in [3.05, 3.63) is 65.9 Å². The second kappa shape index (κ2) is 6.75. The Balaban J connectivity index is 2.17. The maximum atomic E-state index is 12.0. The van der Waals surface area contributed by atoms with E-state index in [1.165, 1.54) is 5.56 Å². The number of anilines is 1. The third-order valence-corrected chi connectivity index (χ3v) is 2.96. The molecule has 0 saturated heterocycles. The van der Waals surface area contributed by atoms with E-state index in [4.69, 9.17) is 4.74 Å². The van der Waals surface area contributed by atoms with Gasteiger partial charge in [0, 0.05) is 11.6 Å². The Morgan fingerprint density at radius 2 is 1.90 bits per heavy atom. The minimum Gasteiger partial charge on any atom is -0.461 e. The second-order valence-corrected chi connectivity index (χ2v) is 4.64. The van der Waals surface area contributed by atoms with E-state index in [-0.39, 0.29) is 11.9 Å². The van der Waals surface area contributed by atoms with Crippen molar-refractivity contribution in [3.8, 4) is 0 Å². The fourth-order valence-corrected chi connectivity index (χ4v) is 1.91. The van der Waals surface area contributed by atoms with Gasteiger partial charge in [0.2, 0.25) is 0 Å². The monoisotopic (exact) mass is 269 g/mol. The molecule has 3 heteroatoms. The zero-order chi connectivity index (χ0) is 14.4. The lowest BCUT2D eigenvalue weighted by atomic mass is 10.1. The summed E-state index contributed by atoms with van der Waals surface area (Å²) in [5.41, 5.74) is 2.52. The number of ether oxygens (including phenoxy) is 1. The molecule has 0 heterocycles. The van der Waals surface area contributed by atoms with Crippen molar-refractivity contribution in [2.75, 3.05) is 11.9 Å². The van der Waals surface area contributed by atoms with Gasteiger partial charge in [0.1, 0.15) is 5.70 Å². The number of esters is 1. The SMILES string of the molecule is CCOC(=O)/C(=C/C1C=CC=C1)Nc1ccc(C)cc1. The molecule has 0 aromatic heterocycles. The topological polar surface area (TPSA) is 38.3 Å². The average Bonchev–Trinajstić information content (AvgIpc) is 2.94. The fourth-order valence-electron chi connectivity index (χ4n) is 1.91. The van der Waals surface area contributed by atoms with Gasteiger partial charge in [-0.05, 0) is 32.1 Å². The Kier molecular flexibility index (Phi) is 4.77. The first-order chi connectivity index (χ1) is 9.69. The Morgan fingerprint density at radius 1 is 1.25 bits per heavy atom. The summed E-state index contributed by atoms with van der Waals surface area (Å²) >= 11 is 0. The van der Waals surface area contributed by atoms with Gasteiger partial charge < -0.3 is 10.1 Å². The van der Waals surface area contributed by atoms with Gasteiger partial charge in [-0.1, -0.05) is 42.0 Å². The largest absolute Gasteiger partial charge is 0.461 e. The Morgan fingerprint density at radius 3 is 2.50 bits per heavy atom. The van der Waals surface area contributed by atoms with Crippen molar-refractivity contribution < 1.29 is 9.53 Å². The van der Waals surface area contributed by atoms with Crippen LogP contribution in [0.25, 0.3) is 0 Å². The van der Waals surface area contributed by atoms with E-state index in [1.807, 2.05) is 61.6 Å². The molecule has 0 saturated carbocycles. The number of aryl methyl sites for hydroxylation is 1. The molecular weight excluding hydrogens is 250 g/mol. The number of benzene rings is 1. The maximum absolute atomic E-state index is 12.0. The van der Waals surface area contributed by atoms with E-state index < -0.39 is 0 Å². The standard InChI is InChI=1S/C17H19NO2/c1-3-20-17(19)16(12-14-6-4-5-7-14)18-15-10-8-13(2)9-11-15/h4-12,14,18H,3H2,1-2H3/b16-12-. The van der Waals surface area contributed by atoms with Crippen LogP contribution in [0.2, 0.25) is 0 Å². The first-order valence-corrected chi connectivity index (χ1v) is 6.76. The Hall–Kier alpha value is -2.29. The number of hydrogen-bond acceptors (Lipinski definition) is 3. The zero-order valence-corrected chi connectivity index (χ0v) is 11.8. The van der Waals surface area contributed by atoms with Crippen LogP contribution in [0.4, 0.5) is 5.69 Å². The zero-order valence-electron chi connectivity index (χ0n) is 11.8. The molecular formula is C17H19NO2. The molecule has 0 unspecified atom stereocenters. The fraction of sp³-hybridized carbons (Fsp3) is 0.235. The van der Waals surface area contributed by atoms with E-state index in [2.05, 4.69) is 5.32 Å². The summed E-state index contributed by atoms with van der Waals surface area (Å²) in [7, 11) is 0.